The number of nitrogens with zero attached hydrogens (tertiary/aromatic N) is 1. The number of aromatic nitrogens is 2. The van der Waals surface area contributed by atoms with Gasteiger partial charge in [-0.05, 0) is 19.9 Å². The summed E-state index contributed by atoms with van der Waals surface area (Å²) >= 11 is 0. The molecule has 0 fully saturated rings. The molecular formula is C15H16N2O2. The first-order chi connectivity index (χ1) is 9.13. The van der Waals surface area contributed by atoms with Crippen LogP contribution in [0.2, 0.25) is 0 Å². The van der Waals surface area contributed by atoms with E-state index in [4.69, 9.17) is 4.74 Å². The van der Waals surface area contributed by atoms with Crippen molar-refractivity contribution in [1.82, 2.24) is 9.78 Å². The number of benzene rings is 2. The van der Waals surface area contributed by atoms with Crippen LogP contribution in [0, 0.1) is 0 Å². The summed E-state index contributed by atoms with van der Waals surface area (Å²) in [5.41, 5.74) is 0.865. The van der Waals surface area contributed by atoms with Gasteiger partial charge < -0.3 is 4.74 Å². The molecule has 3 aromatic rings. The number of nitrogens with one attached hydrogen (secondary N) is 1. The third kappa shape index (κ3) is 1.63. The molecule has 2 aromatic carbocycles. The average molecular weight is 256 g/mol. The van der Waals surface area contributed by atoms with Crippen molar-refractivity contribution in [3.8, 4) is 5.75 Å². The fourth-order valence-electron chi connectivity index (χ4n) is 2.46. The van der Waals surface area contributed by atoms with Gasteiger partial charge in [-0.3, -0.25) is 9.89 Å². The molecule has 0 aliphatic heterocycles. The normalized spacial score (nSPS) is 11.6. The van der Waals surface area contributed by atoms with Crippen LogP contribution in [0.25, 0.3) is 21.7 Å². The largest absolute Gasteiger partial charge is 0.496 e. The SMILES string of the molecule is COc1cc2c(=O)n(C(C)C)[nH]c2c2ccccc12. The first kappa shape index (κ1) is 11.8. The number of H-pyrrole nitrogens is 1. The van der Waals surface area contributed by atoms with Crippen molar-refractivity contribution >= 4 is 21.7 Å². The zero-order valence-electron chi connectivity index (χ0n) is 11.2. The molecule has 19 heavy (non-hydrogen) atoms. The molecule has 0 saturated carbocycles. The second-order valence-corrected chi connectivity index (χ2v) is 4.93. The molecule has 0 aliphatic rings. The van der Waals surface area contributed by atoms with Crippen molar-refractivity contribution < 1.29 is 4.74 Å². The van der Waals surface area contributed by atoms with Crippen LogP contribution in [0.15, 0.2) is 35.1 Å². The van der Waals surface area contributed by atoms with Gasteiger partial charge in [-0.15, -0.1) is 0 Å². The highest BCUT2D eigenvalue weighted by atomic mass is 16.5. The molecule has 0 unspecified atom stereocenters. The lowest BCUT2D eigenvalue weighted by atomic mass is 10.1. The Balaban J connectivity index is 2.53. The van der Waals surface area contributed by atoms with Gasteiger partial charge in [0.1, 0.15) is 5.75 Å². The molecule has 4 heteroatoms. The lowest BCUT2D eigenvalue weighted by molar-refractivity contribution is 0.420. The summed E-state index contributed by atoms with van der Waals surface area (Å²) in [4.78, 5) is 12.4. The molecular weight excluding hydrogens is 240 g/mol. The summed E-state index contributed by atoms with van der Waals surface area (Å²) in [6.45, 7) is 3.96. The van der Waals surface area contributed by atoms with Crippen molar-refractivity contribution in [2.75, 3.05) is 7.11 Å². The first-order valence-electron chi connectivity index (χ1n) is 6.33. The van der Waals surface area contributed by atoms with Gasteiger partial charge in [0.25, 0.3) is 5.56 Å². The number of aromatic amines is 1. The van der Waals surface area contributed by atoms with E-state index in [0.717, 1.165) is 22.0 Å². The van der Waals surface area contributed by atoms with Gasteiger partial charge in [-0.1, -0.05) is 24.3 Å². The lowest BCUT2D eigenvalue weighted by Crippen LogP contribution is -2.18. The molecule has 0 spiro atoms. The van der Waals surface area contributed by atoms with Gasteiger partial charge in [-0.2, -0.15) is 0 Å². The van der Waals surface area contributed by atoms with Crippen LogP contribution < -0.4 is 10.3 Å². The van der Waals surface area contributed by atoms with Crippen molar-refractivity contribution in [3.05, 3.63) is 40.7 Å². The van der Waals surface area contributed by atoms with E-state index in [1.807, 2.05) is 44.2 Å². The number of rotatable bonds is 2. The Morgan fingerprint density at radius 3 is 2.47 bits per heavy atom. The molecule has 0 saturated heterocycles. The van der Waals surface area contributed by atoms with Crippen LogP contribution in [0.1, 0.15) is 19.9 Å². The third-order valence-corrected chi connectivity index (χ3v) is 3.42. The standard InChI is InChI=1S/C15H16N2O2/c1-9(2)17-15(18)12-8-13(19-3)10-6-4-5-7-11(10)14(12)16-17/h4-9,16H,1-3H3. The Morgan fingerprint density at radius 1 is 1.16 bits per heavy atom. The van der Waals surface area contributed by atoms with E-state index in [1.54, 1.807) is 11.8 Å². The van der Waals surface area contributed by atoms with Gasteiger partial charge >= 0.3 is 0 Å². The van der Waals surface area contributed by atoms with E-state index in [2.05, 4.69) is 5.10 Å². The maximum absolute atomic E-state index is 12.4. The Bertz CT molecular complexity index is 812. The minimum atomic E-state index is -0.00551. The molecule has 1 N–H and O–H groups in total. The van der Waals surface area contributed by atoms with E-state index >= 15 is 0 Å². The molecule has 1 aromatic heterocycles. The van der Waals surface area contributed by atoms with Crippen molar-refractivity contribution in [2.24, 2.45) is 0 Å². The summed E-state index contributed by atoms with van der Waals surface area (Å²) in [7, 11) is 1.63. The van der Waals surface area contributed by atoms with Crippen LogP contribution in [0.4, 0.5) is 0 Å². The number of hydrogen-bond acceptors (Lipinski definition) is 2. The van der Waals surface area contributed by atoms with Crippen molar-refractivity contribution in [1.29, 1.82) is 0 Å². The van der Waals surface area contributed by atoms with Crippen molar-refractivity contribution in [3.63, 3.8) is 0 Å². The quantitative estimate of drug-likeness (QED) is 0.766. The molecule has 0 atom stereocenters. The number of methoxy groups -OCH3 is 1. The number of ether oxygens (including phenoxy) is 1. The van der Waals surface area contributed by atoms with E-state index < -0.39 is 0 Å². The number of fused-ring (bicyclic) bond motifs is 3. The van der Waals surface area contributed by atoms with E-state index in [9.17, 15) is 4.79 Å². The van der Waals surface area contributed by atoms with Crippen LogP contribution >= 0.6 is 0 Å². The van der Waals surface area contributed by atoms with E-state index in [0.29, 0.717) is 5.39 Å². The minimum absolute atomic E-state index is 0.00551. The molecule has 98 valence electrons. The fourth-order valence-corrected chi connectivity index (χ4v) is 2.46. The Kier molecular flexibility index (Phi) is 2.59. The molecule has 0 radical (unpaired) electrons. The second-order valence-electron chi connectivity index (χ2n) is 4.93. The maximum atomic E-state index is 12.4. The smallest absolute Gasteiger partial charge is 0.274 e. The predicted molar refractivity (Wildman–Crippen MR) is 77.0 cm³/mol. The lowest BCUT2D eigenvalue weighted by Gasteiger charge is -2.06. The second kappa shape index (κ2) is 4.16. The third-order valence-electron chi connectivity index (χ3n) is 3.42. The molecule has 0 amide bonds. The zero-order chi connectivity index (χ0) is 13.6. The summed E-state index contributed by atoms with van der Waals surface area (Å²) < 4.78 is 7.05. The zero-order valence-corrected chi connectivity index (χ0v) is 11.2. The summed E-state index contributed by atoms with van der Waals surface area (Å²) in [5, 5.41) is 5.89. The highest BCUT2D eigenvalue weighted by Gasteiger charge is 2.14. The van der Waals surface area contributed by atoms with Crippen LogP contribution in [-0.2, 0) is 0 Å². The highest BCUT2D eigenvalue weighted by molar-refractivity contribution is 6.08. The summed E-state index contributed by atoms with van der Waals surface area (Å²) in [5.74, 6) is 0.732. The molecule has 0 aliphatic carbocycles. The van der Waals surface area contributed by atoms with Crippen LogP contribution in [0.3, 0.4) is 0 Å². The Labute approximate surface area is 110 Å². The molecule has 0 bridgehead atoms. The van der Waals surface area contributed by atoms with Gasteiger partial charge in [-0.25, -0.2) is 4.68 Å². The van der Waals surface area contributed by atoms with Crippen molar-refractivity contribution in [2.45, 2.75) is 19.9 Å². The fraction of sp³-hybridized carbons (Fsp3) is 0.267. The average Bonchev–Trinajstić information content (AvgIpc) is 2.75. The Hall–Kier alpha value is -2.23. The number of hydrogen-bond donors (Lipinski definition) is 1. The van der Waals surface area contributed by atoms with Gasteiger partial charge in [0.2, 0.25) is 0 Å². The van der Waals surface area contributed by atoms with Crippen LogP contribution in [-0.4, -0.2) is 16.9 Å². The topological polar surface area (TPSA) is 47.0 Å². The van der Waals surface area contributed by atoms with Gasteiger partial charge in [0.05, 0.1) is 18.0 Å². The van der Waals surface area contributed by atoms with E-state index in [-0.39, 0.29) is 11.6 Å². The van der Waals surface area contributed by atoms with Gasteiger partial charge in [0.15, 0.2) is 0 Å². The molecule has 3 rings (SSSR count). The molecule has 4 nitrogen and oxygen atoms in total. The van der Waals surface area contributed by atoms with Crippen LogP contribution in [0.5, 0.6) is 5.75 Å². The molecule has 1 heterocycles. The minimum Gasteiger partial charge on any atom is -0.496 e. The summed E-state index contributed by atoms with van der Waals surface area (Å²) in [6, 6.07) is 9.85. The first-order valence-corrected chi connectivity index (χ1v) is 6.33. The van der Waals surface area contributed by atoms with E-state index in [1.165, 1.54) is 0 Å². The van der Waals surface area contributed by atoms with Gasteiger partial charge in [0, 0.05) is 16.8 Å². The highest BCUT2D eigenvalue weighted by Crippen LogP contribution is 2.31. The predicted octanol–water partition coefficient (Wildman–Crippen LogP) is 3.07. The maximum Gasteiger partial charge on any atom is 0.274 e. The Morgan fingerprint density at radius 2 is 1.84 bits per heavy atom. The summed E-state index contributed by atoms with van der Waals surface area (Å²) in [6.07, 6.45) is 0. The monoisotopic (exact) mass is 256 g/mol.